The van der Waals surface area contributed by atoms with Crippen LogP contribution in [0.2, 0.25) is 0 Å². The number of methoxy groups -OCH3 is 1. The van der Waals surface area contributed by atoms with Gasteiger partial charge in [-0.15, -0.1) is 0 Å². The number of fused-ring (bicyclic) bond motifs is 1. The standard InChI is InChI=1S/C18H26N2O4/c1-19(11-15(21)12-20-5-7-23-8-6-20)13-17-10-14-9-16(22-2)3-4-18(14)24-17/h3-4,9-10,15,21H,5-8,11-13H2,1-2H3. The van der Waals surface area contributed by atoms with Gasteiger partial charge in [0.25, 0.3) is 0 Å². The summed E-state index contributed by atoms with van der Waals surface area (Å²) in [5, 5.41) is 11.3. The Labute approximate surface area is 142 Å². The van der Waals surface area contributed by atoms with Gasteiger partial charge in [-0.2, -0.15) is 0 Å². The van der Waals surface area contributed by atoms with E-state index in [4.69, 9.17) is 13.9 Å². The van der Waals surface area contributed by atoms with Crippen LogP contribution in [0.5, 0.6) is 5.75 Å². The van der Waals surface area contributed by atoms with Crippen molar-refractivity contribution in [3.8, 4) is 5.75 Å². The van der Waals surface area contributed by atoms with Crippen molar-refractivity contribution in [1.82, 2.24) is 9.80 Å². The summed E-state index contributed by atoms with van der Waals surface area (Å²) in [5.41, 5.74) is 0.855. The van der Waals surface area contributed by atoms with Gasteiger partial charge in [-0.1, -0.05) is 0 Å². The zero-order valence-corrected chi connectivity index (χ0v) is 14.4. The molecule has 1 N–H and O–H groups in total. The second-order valence-electron chi connectivity index (χ2n) is 6.38. The number of benzene rings is 1. The number of nitrogens with zero attached hydrogens (tertiary/aromatic N) is 2. The van der Waals surface area contributed by atoms with Crippen molar-refractivity contribution in [1.29, 1.82) is 0 Å². The number of aliphatic hydroxyl groups excluding tert-OH is 1. The van der Waals surface area contributed by atoms with Gasteiger partial charge in [0.1, 0.15) is 17.1 Å². The highest BCUT2D eigenvalue weighted by Gasteiger charge is 2.17. The second-order valence-corrected chi connectivity index (χ2v) is 6.38. The van der Waals surface area contributed by atoms with Gasteiger partial charge < -0.3 is 19.0 Å². The molecule has 0 bridgehead atoms. The molecule has 1 aromatic carbocycles. The van der Waals surface area contributed by atoms with E-state index < -0.39 is 0 Å². The van der Waals surface area contributed by atoms with Crippen molar-refractivity contribution >= 4 is 11.0 Å². The predicted molar refractivity (Wildman–Crippen MR) is 92.4 cm³/mol. The van der Waals surface area contributed by atoms with Crippen molar-refractivity contribution in [2.75, 3.05) is 53.6 Å². The van der Waals surface area contributed by atoms with E-state index in [1.165, 1.54) is 0 Å². The maximum absolute atomic E-state index is 10.3. The number of rotatable bonds is 7. The Morgan fingerprint density at radius 3 is 2.83 bits per heavy atom. The van der Waals surface area contributed by atoms with E-state index in [1.54, 1.807) is 7.11 Å². The summed E-state index contributed by atoms with van der Waals surface area (Å²) in [6, 6.07) is 7.81. The van der Waals surface area contributed by atoms with Gasteiger partial charge in [-0.25, -0.2) is 0 Å². The van der Waals surface area contributed by atoms with Crippen LogP contribution >= 0.6 is 0 Å². The highest BCUT2D eigenvalue weighted by atomic mass is 16.5. The third kappa shape index (κ3) is 4.48. The average Bonchev–Trinajstić information content (AvgIpc) is 2.96. The Morgan fingerprint density at radius 2 is 2.08 bits per heavy atom. The minimum Gasteiger partial charge on any atom is -0.497 e. The summed E-state index contributed by atoms with van der Waals surface area (Å²) in [5.74, 6) is 1.71. The number of likely N-dealkylation sites (N-methyl/N-ethyl adjacent to an activating group) is 1. The third-order valence-electron chi connectivity index (χ3n) is 4.30. The number of hydrogen-bond donors (Lipinski definition) is 1. The Balaban J connectivity index is 1.53. The molecule has 0 spiro atoms. The van der Waals surface area contributed by atoms with E-state index in [0.29, 0.717) is 19.6 Å². The van der Waals surface area contributed by atoms with E-state index in [9.17, 15) is 5.11 Å². The van der Waals surface area contributed by atoms with Crippen LogP contribution < -0.4 is 4.74 Å². The lowest BCUT2D eigenvalue weighted by atomic mass is 10.2. The molecule has 1 aromatic heterocycles. The first kappa shape index (κ1) is 17.2. The van der Waals surface area contributed by atoms with Gasteiger partial charge >= 0.3 is 0 Å². The van der Waals surface area contributed by atoms with E-state index in [-0.39, 0.29) is 6.10 Å². The summed E-state index contributed by atoms with van der Waals surface area (Å²) in [6.45, 7) is 5.26. The molecule has 1 atom stereocenters. The van der Waals surface area contributed by atoms with Crippen molar-refractivity contribution in [3.05, 3.63) is 30.0 Å². The van der Waals surface area contributed by atoms with Crippen molar-refractivity contribution in [3.63, 3.8) is 0 Å². The first-order chi connectivity index (χ1) is 11.6. The van der Waals surface area contributed by atoms with Crippen LogP contribution in [0.4, 0.5) is 0 Å². The maximum atomic E-state index is 10.3. The molecule has 24 heavy (non-hydrogen) atoms. The van der Waals surface area contributed by atoms with Gasteiger partial charge in [0.15, 0.2) is 0 Å². The first-order valence-corrected chi connectivity index (χ1v) is 8.37. The fourth-order valence-electron chi connectivity index (χ4n) is 3.11. The van der Waals surface area contributed by atoms with Crippen molar-refractivity contribution in [2.45, 2.75) is 12.6 Å². The molecule has 0 amide bonds. The molecule has 0 aliphatic carbocycles. The Kier molecular flexibility index (Phi) is 5.73. The molecular weight excluding hydrogens is 308 g/mol. The summed E-state index contributed by atoms with van der Waals surface area (Å²) in [7, 11) is 3.65. The molecule has 2 aromatic rings. The third-order valence-corrected chi connectivity index (χ3v) is 4.30. The average molecular weight is 334 g/mol. The number of β-amino-alcohol motifs (C(OH)–C–C–N with tert-alkyl or cyclic N) is 1. The van der Waals surface area contributed by atoms with Crippen LogP contribution in [0.15, 0.2) is 28.7 Å². The molecule has 1 aliphatic rings. The normalized spacial score (nSPS) is 17.5. The van der Waals surface area contributed by atoms with Crippen LogP contribution in [0, 0.1) is 0 Å². The van der Waals surface area contributed by atoms with Crippen molar-refractivity contribution < 1.29 is 19.0 Å². The van der Waals surface area contributed by atoms with E-state index in [1.807, 2.05) is 31.3 Å². The smallest absolute Gasteiger partial charge is 0.134 e. The van der Waals surface area contributed by atoms with Crippen LogP contribution in [-0.2, 0) is 11.3 Å². The number of hydrogen-bond acceptors (Lipinski definition) is 6. The van der Waals surface area contributed by atoms with Gasteiger partial charge in [-0.05, 0) is 31.3 Å². The number of morpholine rings is 1. The van der Waals surface area contributed by atoms with E-state index in [2.05, 4.69) is 9.80 Å². The highest BCUT2D eigenvalue weighted by Crippen LogP contribution is 2.24. The van der Waals surface area contributed by atoms with Crippen LogP contribution in [0.3, 0.4) is 0 Å². The lowest BCUT2D eigenvalue weighted by molar-refractivity contribution is 0.00795. The van der Waals surface area contributed by atoms with Gasteiger partial charge in [0.2, 0.25) is 0 Å². The predicted octanol–water partition coefficient (Wildman–Crippen LogP) is 1.57. The Hall–Kier alpha value is -1.60. The highest BCUT2D eigenvalue weighted by molar-refractivity contribution is 5.79. The monoisotopic (exact) mass is 334 g/mol. The molecule has 0 radical (unpaired) electrons. The van der Waals surface area contributed by atoms with Crippen LogP contribution in [0.1, 0.15) is 5.76 Å². The summed E-state index contributed by atoms with van der Waals surface area (Å²) in [6.07, 6.45) is -0.377. The fourth-order valence-corrected chi connectivity index (χ4v) is 3.11. The van der Waals surface area contributed by atoms with Crippen LogP contribution in [0.25, 0.3) is 11.0 Å². The summed E-state index contributed by atoms with van der Waals surface area (Å²) < 4.78 is 16.4. The molecule has 3 rings (SSSR count). The number of furan rings is 1. The van der Waals surface area contributed by atoms with Gasteiger partial charge in [0.05, 0.1) is 33.0 Å². The van der Waals surface area contributed by atoms with Gasteiger partial charge in [0, 0.05) is 31.6 Å². The maximum Gasteiger partial charge on any atom is 0.134 e. The molecular formula is C18H26N2O4. The molecule has 1 fully saturated rings. The number of aliphatic hydroxyl groups is 1. The molecule has 1 aliphatic heterocycles. The molecule has 6 nitrogen and oxygen atoms in total. The Morgan fingerprint density at radius 1 is 1.29 bits per heavy atom. The first-order valence-electron chi connectivity index (χ1n) is 8.37. The number of ether oxygens (including phenoxy) is 2. The lowest BCUT2D eigenvalue weighted by Crippen LogP contribution is -2.43. The minimum absolute atomic E-state index is 0.377. The van der Waals surface area contributed by atoms with Crippen LogP contribution in [-0.4, -0.2) is 74.6 Å². The SMILES string of the molecule is COc1ccc2oc(CN(C)CC(O)CN3CCOCC3)cc2c1. The van der Waals surface area contributed by atoms with Gasteiger partial charge in [-0.3, -0.25) is 9.80 Å². The zero-order chi connectivity index (χ0) is 16.9. The quantitative estimate of drug-likeness (QED) is 0.829. The fraction of sp³-hybridized carbons (Fsp3) is 0.556. The molecule has 132 valence electrons. The molecule has 6 heteroatoms. The topological polar surface area (TPSA) is 58.3 Å². The van der Waals surface area contributed by atoms with E-state index in [0.717, 1.165) is 48.8 Å². The second kappa shape index (κ2) is 7.98. The molecule has 2 heterocycles. The Bertz CT molecular complexity index is 652. The molecule has 0 saturated carbocycles. The minimum atomic E-state index is -0.377. The van der Waals surface area contributed by atoms with Crippen molar-refractivity contribution in [2.24, 2.45) is 0 Å². The summed E-state index contributed by atoms with van der Waals surface area (Å²) in [4.78, 5) is 4.33. The largest absolute Gasteiger partial charge is 0.497 e. The lowest BCUT2D eigenvalue weighted by Gasteiger charge is -2.29. The molecule has 1 saturated heterocycles. The molecule has 1 unspecified atom stereocenters. The van der Waals surface area contributed by atoms with E-state index >= 15 is 0 Å². The zero-order valence-electron chi connectivity index (χ0n) is 14.4. The summed E-state index contributed by atoms with van der Waals surface area (Å²) >= 11 is 0.